The van der Waals surface area contributed by atoms with Crippen LogP contribution in [0.1, 0.15) is 42.0 Å². The summed E-state index contributed by atoms with van der Waals surface area (Å²) in [4.78, 5) is 12.7. The van der Waals surface area contributed by atoms with Crippen LogP contribution in [-0.4, -0.2) is 26.0 Å². The Bertz CT molecular complexity index is 1080. The number of aryl methyl sites for hydroxylation is 1. The number of carbonyl (C=O) groups is 1. The van der Waals surface area contributed by atoms with Crippen LogP contribution in [0.4, 0.5) is 5.95 Å². The third-order valence-corrected chi connectivity index (χ3v) is 5.45. The molecule has 5 rings (SSSR count). The van der Waals surface area contributed by atoms with Gasteiger partial charge in [0.1, 0.15) is 18.4 Å². The van der Waals surface area contributed by atoms with E-state index in [0.29, 0.717) is 19.0 Å². The third kappa shape index (κ3) is 3.29. The second-order valence-corrected chi connectivity index (χ2v) is 7.49. The maximum Gasteiger partial charge on any atom is 0.248 e. The molecule has 7 nitrogen and oxygen atoms in total. The van der Waals surface area contributed by atoms with Gasteiger partial charge in [0.25, 0.3) is 0 Å². The van der Waals surface area contributed by atoms with Gasteiger partial charge in [-0.2, -0.15) is 4.68 Å². The Hall–Kier alpha value is -3.48. The maximum absolute atomic E-state index is 12.7. The normalized spacial score (nSPS) is 18.1. The van der Waals surface area contributed by atoms with Gasteiger partial charge in [-0.25, -0.2) is 0 Å². The number of tetrazole rings is 1. The molecule has 0 saturated heterocycles. The summed E-state index contributed by atoms with van der Waals surface area (Å²) in [6, 6.07) is 15.8. The van der Waals surface area contributed by atoms with Crippen molar-refractivity contribution in [3.05, 3.63) is 76.5 Å². The highest BCUT2D eigenvalue weighted by Crippen LogP contribution is 2.39. The van der Waals surface area contributed by atoms with E-state index in [9.17, 15) is 4.79 Å². The molecule has 0 saturated carbocycles. The van der Waals surface area contributed by atoms with Crippen molar-refractivity contribution in [2.45, 2.75) is 38.8 Å². The first-order valence-corrected chi connectivity index (χ1v) is 9.78. The number of Topliss-reactive ketones (excluding diaryl/α,β-unsaturated/α-hetero) is 1. The molecule has 2 aliphatic rings. The zero-order valence-electron chi connectivity index (χ0n) is 16.1. The van der Waals surface area contributed by atoms with Crippen LogP contribution >= 0.6 is 0 Å². The van der Waals surface area contributed by atoms with Crippen molar-refractivity contribution in [3.8, 4) is 5.75 Å². The lowest BCUT2D eigenvalue weighted by molar-refractivity contribution is -0.116. The Morgan fingerprint density at radius 2 is 1.90 bits per heavy atom. The molecule has 1 aliphatic carbocycles. The fourth-order valence-corrected chi connectivity index (χ4v) is 3.92. The number of hydrogen-bond acceptors (Lipinski definition) is 6. The SMILES string of the molecule is Cc1ccc(COc2ccc(C3C4=C(CCCC4=O)Nc4nnnn43)cc2)cc1. The van der Waals surface area contributed by atoms with E-state index >= 15 is 0 Å². The van der Waals surface area contributed by atoms with E-state index in [2.05, 4.69) is 52.0 Å². The highest BCUT2D eigenvalue weighted by molar-refractivity contribution is 5.99. The van der Waals surface area contributed by atoms with Gasteiger partial charge in [-0.3, -0.25) is 4.79 Å². The van der Waals surface area contributed by atoms with Crippen molar-refractivity contribution >= 4 is 11.7 Å². The molecule has 2 aromatic carbocycles. The number of nitrogens with zero attached hydrogens (tertiary/aromatic N) is 4. The molecule has 1 unspecified atom stereocenters. The maximum atomic E-state index is 12.7. The number of fused-ring (bicyclic) bond motifs is 1. The Balaban J connectivity index is 1.41. The van der Waals surface area contributed by atoms with E-state index in [0.717, 1.165) is 41.0 Å². The average Bonchev–Trinajstić information content (AvgIpc) is 3.21. The van der Waals surface area contributed by atoms with Crippen molar-refractivity contribution in [1.29, 1.82) is 0 Å². The molecular formula is C22H21N5O2. The van der Waals surface area contributed by atoms with Crippen LogP contribution < -0.4 is 10.1 Å². The number of hydrogen-bond donors (Lipinski definition) is 1. The van der Waals surface area contributed by atoms with Gasteiger partial charge in [0.05, 0.1) is 0 Å². The molecule has 1 N–H and O–H groups in total. The molecule has 146 valence electrons. The summed E-state index contributed by atoms with van der Waals surface area (Å²) in [6.07, 6.45) is 2.25. The lowest BCUT2D eigenvalue weighted by atomic mass is 9.85. The average molecular weight is 387 g/mol. The van der Waals surface area contributed by atoms with Crippen LogP contribution in [0.5, 0.6) is 5.75 Å². The number of ketones is 1. The number of ether oxygens (including phenoxy) is 1. The summed E-state index contributed by atoms with van der Waals surface area (Å²) in [5.74, 6) is 1.51. The van der Waals surface area contributed by atoms with Gasteiger partial charge >= 0.3 is 0 Å². The van der Waals surface area contributed by atoms with Crippen LogP contribution in [0, 0.1) is 6.92 Å². The molecule has 1 atom stereocenters. The minimum absolute atomic E-state index is 0.157. The van der Waals surface area contributed by atoms with Gasteiger partial charge in [0, 0.05) is 17.7 Å². The topological polar surface area (TPSA) is 81.9 Å². The molecular weight excluding hydrogens is 366 g/mol. The Morgan fingerprint density at radius 3 is 2.69 bits per heavy atom. The minimum Gasteiger partial charge on any atom is -0.489 e. The molecule has 0 bridgehead atoms. The van der Waals surface area contributed by atoms with Crippen LogP contribution in [0.3, 0.4) is 0 Å². The summed E-state index contributed by atoms with van der Waals surface area (Å²) < 4.78 is 7.60. The second kappa shape index (κ2) is 7.16. The van der Waals surface area contributed by atoms with E-state index < -0.39 is 0 Å². The highest BCUT2D eigenvalue weighted by Gasteiger charge is 2.36. The molecule has 0 amide bonds. The van der Waals surface area contributed by atoms with Crippen molar-refractivity contribution in [2.24, 2.45) is 0 Å². The fourth-order valence-electron chi connectivity index (χ4n) is 3.92. The molecule has 3 aromatic rings. The van der Waals surface area contributed by atoms with Crippen LogP contribution in [-0.2, 0) is 11.4 Å². The molecule has 1 aliphatic heterocycles. The molecule has 2 heterocycles. The number of allylic oxidation sites excluding steroid dienone is 2. The quantitative estimate of drug-likeness (QED) is 0.737. The van der Waals surface area contributed by atoms with Crippen molar-refractivity contribution < 1.29 is 9.53 Å². The first kappa shape index (κ1) is 17.6. The van der Waals surface area contributed by atoms with E-state index in [1.54, 1.807) is 4.68 Å². The van der Waals surface area contributed by atoms with E-state index in [1.807, 2.05) is 24.3 Å². The first-order valence-electron chi connectivity index (χ1n) is 9.78. The number of aromatic nitrogens is 4. The third-order valence-electron chi connectivity index (χ3n) is 5.45. The van der Waals surface area contributed by atoms with E-state index in [1.165, 1.54) is 5.56 Å². The molecule has 0 radical (unpaired) electrons. The predicted molar refractivity (Wildman–Crippen MR) is 107 cm³/mol. The van der Waals surface area contributed by atoms with Gasteiger partial charge in [-0.1, -0.05) is 47.1 Å². The first-order chi connectivity index (χ1) is 14.2. The molecule has 29 heavy (non-hydrogen) atoms. The number of carbonyl (C=O) groups excluding carboxylic acids is 1. The standard InChI is InChI=1S/C22H21N5O2/c1-14-5-7-15(8-6-14)13-29-17-11-9-16(10-12-17)21-20-18(3-2-4-19(20)28)23-22-24-25-26-27(21)22/h5-12,21H,2-4,13H2,1H3,(H,23,24,26). The van der Waals surface area contributed by atoms with Gasteiger partial charge in [0.15, 0.2) is 5.78 Å². The number of nitrogens with one attached hydrogen (secondary N) is 1. The largest absolute Gasteiger partial charge is 0.489 e. The van der Waals surface area contributed by atoms with Gasteiger partial charge in [0.2, 0.25) is 5.95 Å². The number of rotatable bonds is 4. The summed E-state index contributed by atoms with van der Waals surface area (Å²) in [5, 5.41) is 15.2. The number of anilines is 1. The van der Waals surface area contributed by atoms with Crippen molar-refractivity contribution in [1.82, 2.24) is 20.2 Å². The molecule has 0 spiro atoms. The van der Waals surface area contributed by atoms with Gasteiger partial charge in [-0.15, -0.1) is 0 Å². The smallest absolute Gasteiger partial charge is 0.248 e. The lowest BCUT2D eigenvalue weighted by Gasteiger charge is -2.31. The summed E-state index contributed by atoms with van der Waals surface area (Å²) in [7, 11) is 0. The monoisotopic (exact) mass is 387 g/mol. The highest BCUT2D eigenvalue weighted by atomic mass is 16.5. The van der Waals surface area contributed by atoms with Crippen LogP contribution in [0.2, 0.25) is 0 Å². The molecule has 0 fully saturated rings. The van der Waals surface area contributed by atoms with E-state index in [4.69, 9.17) is 4.74 Å². The lowest BCUT2D eigenvalue weighted by Crippen LogP contribution is -2.31. The zero-order chi connectivity index (χ0) is 19.8. The Morgan fingerprint density at radius 1 is 1.10 bits per heavy atom. The Kier molecular flexibility index (Phi) is 4.35. The summed E-state index contributed by atoms with van der Waals surface area (Å²) in [5.41, 5.74) is 5.02. The van der Waals surface area contributed by atoms with Gasteiger partial charge < -0.3 is 10.1 Å². The van der Waals surface area contributed by atoms with Crippen molar-refractivity contribution in [2.75, 3.05) is 5.32 Å². The van der Waals surface area contributed by atoms with Gasteiger partial charge in [-0.05, 0) is 53.5 Å². The molecule has 7 heteroatoms. The van der Waals surface area contributed by atoms with Crippen molar-refractivity contribution in [3.63, 3.8) is 0 Å². The Labute approximate surface area is 168 Å². The predicted octanol–water partition coefficient (Wildman–Crippen LogP) is 3.58. The van der Waals surface area contributed by atoms with Crippen LogP contribution in [0.15, 0.2) is 59.8 Å². The van der Waals surface area contributed by atoms with Crippen LogP contribution in [0.25, 0.3) is 0 Å². The van der Waals surface area contributed by atoms with E-state index in [-0.39, 0.29) is 11.8 Å². The minimum atomic E-state index is -0.310. The number of benzene rings is 2. The zero-order valence-corrected chi connectivity index (χ0v) is 16.1. The fraction of sp³-hybridized carbons (Fsp3) is 0.273. The summed E-state index contributed by atoms with van der Waals surface area (Å²) in [6.45, 7) is 2.58. The summed E-state index contributed by atoms with van der Waals surface area (Å²) >= 11 is 0. The molecule has 1 aromatic heterocycles. The second-order valence-electron chi connectivity index (χ2n) is 7.49.